The van der Waals surface area contributed by atoms with E-state index in [9.17, 15) is 0 Å². The molecule has 19 heavy (non-hydrogen) atoms. The maximum Gasteiger partial charge on any atom is 0.121 e. The minimum atomic E-state index is 0.627. The highest BCUT2D eigenvalue weighted by molar-refractivity contribution is 5.77. The minimum Gasteiger partial charge on any atom is -0.497 e. The third kappa shape index (κ3) is 3.07. The zero-order valence-corrected chi connectivity index (χ0v) is 12.0. The second-order valence-electron chi connectivity index (χ2n) is 5.26. The third-order valence-electron chi connectivity index (χ3n) is 3.33. The number of hydrogen-bond donors (Lipinski definition) is 1. The molecule has 0 amide bonds. The van der Waals surface area contributed by atoms with Gasteiger partial charge in [-0.05, 0) is 31.0 Å². The van der Waals surface area contributed by atoms with Gasteiger partial charge in [-0.1, -0.05) is 13.8 Å². The lowest BCUT2D eigenvalue weighted by molar-refractivity contribution is 0.415. The van der Waals surface area contributed by atoms with Crippen LogP contribution in [-0.4, -0.2) is 23.2 Å². The normalized spacial score (nSPS) is 11.4. The Morgan fingerprint density at radius 2 is 2.16 bits per heavy atom. The molecule has 2 rings (SSSR count). The molecule has 0 saturated heterocycles. The lowest BCUT2D eigenvalue weighted by Crippen LogP contribution is -2.11. The Balaban J connectivity index is 2.41. The molecule has 0 aliphatic rings. The third-order valence-corrected chi connectivity index (χ3v) is 3.33. The Hall–Kier alpha value is -1.55. The van der Waals surface area contributed by atoms with E-state index in [1.54, 1.807) is 7.11 Å². The number of fused-ring (bicyclic) bond motifs is 1. The van der Waals surface area contributed by atoms with E-state index in [0.717, 1.165) is 36.5 Å². The number of methoxy groups -OCH3 is 1. The van der Waals surface area contributed by atoms with E-state index in [-0.39, 0.29) is 0 Å². The van der Waals surface area contributed by atoms with Gasteiger partial charge >= 0.3 is 0 Å². The highest BCUT2D eigenvalue weighted by atomic mass is 16.5. The Bertz CT molecular complexity index is 546. The summed E-state index contributed by atoms with van der Waals surface area (Å²) >= 11 is 0. The number of aromatic nitrogens is 2. The molecule has 4 heteroatoms. The summed E-state index contributed by atoms with van der Waals surface area (Å²) in [6.07, 6.45) is 1.96. The number of benzene rings is 1. The Labute approximate surface area is 114 Å². The van der Waals surface area contributed by atoms with E-state index >= 15 is 0 Å². The van der Waals surface area contributed by atoms with Crippen LogP contribution in [0, 0.1) is 5.92 Å². The summed E-state index contributed by atoms with van der Waals surface area (Å²) in [5.41, 5.74) is 7.85. The van der Waals surface area contributed by atoms with Gasteiger partial charge in [-0.15, -0.1) is 0 Å². The lowest BCUT2D eigenvalue weighted by atomic mass is 10.1. The number of rotatable bonds is 6. The van der Waals surface area contributed by atoms with Gasteiger partial charge in [0, 0.05) is 19.0 Å². The molecule has 2 N–H and O–H groups in total. The lowest BCUT2D eigenvalue weighted by Gasteiger charge is -2.10. The molecule has 2 aromatic rings. The number of nitrogens with two attached hydrogens (primary N) is 1. The fourth-order valence-electron chi connectivity index (χ4n) is 2.24. The van der Waals surface area contributed by atoms with E-state index in [0.29, 0.717) is 12.5 Å². The number of nitrogens with zero attached hydrogens (tertiary/aromatic N) is 2. The molecule has 104 valence electrons. The van der Waals surface area contributed by atoms with Gasteiger partial charge in [0.2, 0.25) is 0 Å². The smallest absolute Gasteiger partial charge is 0.121 e. The molecule has 4 nitrogen and oxygen atoms in total. The first-order chi connectivity index (χ1) is 9.15. The van der Waals surface area contributed by atoms with Crippen molar-refractivity contribution < 1.29 is 4.74 Å². The van der Waals surface area contributed by atoms with Crippen molar-refractivity contribution in [1.82, 2.24) is 9.55 Å². The van der Waals surface area contributed by atoms with Gasteiger partial charge < -0.3 is 15.0 Å². The summed E-state index contributed by atoms with van der Waals surface area (Å²) in [6, 6.07) is 6.06. The maximum absolute atomic E-state index is 5.69. The summed E-state index contributed by atoms with van der Waals surface area (Å²) in [6.45, 7) is 6.10. The maximum atomic E-state index is 5.69. The first-order valence-electron chi connectivity index (χ1n) is 6.89. The first-order valence-corrected chi connectivity index (χ1v) is 6.89. The van der Waals surface area contributed by atoms with E-state index in [2.05, 4.69) is 24.5 Å². The monoisotopic (exact) mass is 261 g/mol. The van der Waals surface area contributed by atoms with Crippen LogP contribution in [0.3, 0.4) is 0 Å². The summed E-state index contributed by atoms with van der Waals surface area (Å²) in [7, 11) is 1.68. The average molecular weight is 261 g/mol. The van der Waals surface area contributed by atoms with Crippen LogP contribution in [0.15, 0.2) is 18.2 Å². The second-order valence-corrected chi connectivity index (χ2v) is 5.26. The summed E-state index contributed by atoms with van der Waals surface area (Å²) in [4.78, 5) is 4.69. The minimum absolute atomic E-state index is 0.627. The molecule has 0 aliphatic carbocycles. The molecule has 1 heterocycles. The number of imidazole rings is 1. The highest BCUT2D eigenvalue weighted by Gasteiger charge is 2.11. The topological polar surface area (TPSA) is 53.1 Å². The van der Waals surface area contributed by atoms with Crippen LogP contribution in [0.1, 0.15) is 26.1 Å². The van der Waals surface area contributed by atoms with Gasteiger partial charge in [0.15, 0.2) is 0 Å². The number of hydrogen-bond acceptors (Lipinski definition) is 3. The van der Waals surface area contributed by atoms with Crippen LogP contribution >= 0.6 is 0 Å². The summed E-state index contributed by atoms with van der Waals surface area (Å²) in [5, 5.41) is 0. The standard InChI is InChI=1S/C15H23N3O/c1-11(2)7-9-18-14-5-4-12(19-3)10-13(14)17-15(18)6-8-16/h4-5,10-11H,6-9,16H2,1-3H3. The van der Waals surface area contributed by atoms with Gasteiger partial charge in [-0.25, -0.2) is 4.98 Å². The van der Waals surface area contributed by atoms with Gasteiger partial charge in [-0.3, -0.25) is 0 Å². The second kappa shape index (κ2) is 6.06. The summed E-state index contributed by atoms with van der Waals surface area (Å²) < 4.78 is 7.55. The van der Waals surface area contributed by atoms with Crippen LogP contribution in [0.4, 0.5) is 0 Å². The van der Waals surface area contributed by atoms with Crippen molar-refractivity contribution in [3.8, 4) is 5.75 Å². The Morgan fingerprint density at radius 1 is 1.37 bits per heavy atom. The molecule has 0 saturated carbocycles. The van der Waals surface area contributed by atoms with Crippen molar-refractivity contribution in [2.24, 2.45) is 11.7 Å². The molecule has 0 aliphatic heterocycles. The summed E-state index contributed by atoms with van der Waals surface area (Å²) in [5.74, 6) is 2.60. The molecular weight excluding hydrogens is 238 g/mol. The Kier molecular flexibility index (Phi) is 4.43. The van der Waals surface area contributed by atoms with Crippen molar-refractivity contribution in [1.29, 1.82) is 0 Å². The molecule has 1 aromatic heterocycles. The zero-order chi connectivity index (χ0) is 13.8. The van der Waals surface area contributed by atoms with Crippen LogP contribution < -0.4 is 10.5 Å². The van der Waals surface area contributed by atoms with E-state index < -0.39 is 0 Å². The van der Waals surface area contributed by atoms with Gasteiger partial charge in [0.05, 0.1) is 18.1 Å². The molecular formula is C15H23N3O. The van der Waals surface area contributed by atoms with E-state index in [1.165, 1.54) is 5.52 Å². The molecule has 0 spiro atoms. The van der Waals surface area contributed by atoms with E-state index in [4.69, 9.17) is 15.5 Å². The van der Waals surface area contributed by atoms with Crippen molar-refractivity contribution >= 4 is 11.0 Å². The molecule has 0 radical (unpaired) electrons. The molecule has 0 atom stereocenters. The number of ether oxygens (including phenoxy) is 1. The largest absolute Gasteiger partial charge is 0.497 e. The molecule has 1 aromatic carbocycles. The SMILES string of the molecule is COc1ccc2c(c1)nc(CCN)n2CCC(C)C. The Morgan fingerprint density at radius 3 is 2.79 bits per heavy atom. The molecule has 0 unspecified atom stereocenters. The van der Waals surface area contributed by atoms with Crippen LogP contribution in [-0.2, 0) is 13.0 Å². The number of aryl methyl sites for hydroxylation is 1. The molecule has 0 fully saturated rings. The quantitative estimate of drug-likeness (QED) is 0.869. The van der Waals surface area contributed by atoms with Crippen LogP contribution in [0.2, 0.25) is 0 Å². The van der Waals surface area contributed by atoms with Crippen LogP contribution in [0.5, 0.6) is 5.75 Å². The average Bonchev–Trinajstić information content (AvgIpc) is 2.73. The van der Waals surface area contributed by atoms with E-state index in [1.807, 2.05) is 12.1 Å². The van der Waals surface area contributed by atoms with Crippen LogP contribution in [0.25, 0.3) is 11.0 Å². The van der Waals surface area contributed by atoms with Gasteiger partial charge in [0.1, 0.15) is 11.6 Å². The van der Waals surface area contributed by atoms with Gasteiger partial charge in [-0.2, -0.15) is 0 Å². The zero-order valence-electron chi connectivity index (χ0n) is 12.0. The predicted molar refractivity (Wildman–Crippen MR) is 78.5 cm³/mol. The first kappa shape index (κ1) is 13.9. The van der Waals surface area contributed by atoms with Crippen molar-refractivity contribution in [3.63, 3.8) is 0 Å². The fraction of sp³-hybridized carbons (Fsp3) is 0.533. The molecule has 0 bridgehead atoms. The van der Waals surface area contributed by atoms with Crippen molar-refractivity contribution in [2.45, 2.75) is 33.2 Å². The van der Waals surface area contributed by atoms with Gasteiger partial charge in [0.25, 0.3) is 0 Å². The predicted octanol–water partition coefficient (Wildman–Crippen LogP) is 2.59. The van der Waals surface area contributed by atoms with Crippen molar-refractivity contribution in [2.75, 3.05) is 13.7 Å². The fourth-order valence-corrected chi connectivity index (χ4v) is 2.24. The highest BCUT2D eigenvalue weighted by Crippen LogP contribution is 2.23. The van der Waals surface area contributed by atoms with Crippen molar-refractivity contribution in [3.05, 3.63) is 24.0 Å².